The summed E-state index contributed by atoms with van der Waals surface area (Å²) >= 11 is 18.2. The summed E-state index contributed by atoms with van der Waals surface area (Å²) < 4.78 is 0.958. The second kappa shape index (κ2) is 5.87. The third kappa shape index (κ3) is 3.44. The fourth-order valence-electron chi connectivity index (χ4n) is 1.20. The minimum Gasteiger partial charge on any atom is -0.266 e. The van der Waals surface area contributed by atoms with Gasteiger partial charge in [0.1, 0.15) is 14.5 Å². The van der Waals surface area contributed by atoms with Crippen molar-refractivity contribution < 1.29 is 4.79 Å². The van der Waals surface area contributed by atoms with Crippen molar-refractivity contribution in [3.63, 3.8) is 0 Å². The predicted octanol–water partition coefficient (Wildman–Crippen LogP) is 4.43. The van der Waals surface area contributed by atoms with Gasteiger partial charge in [-0.05, 0) is 12.3 Å². The van der Waals surface area contributed by atoms with Gasteiger partial charge in [0.05, 0.1) is 5.69 Å². The molecule has 0 aromatic carbocycles. The summed E-state index contributed by atoms with van der Waals surface area (Å²) in [5, 5.41) is 4.72. The Balaban J connectivity index is 3.29. The molecule has 1 heterocycles. The van der Waals surface area contributed by atoms with Crippen LogP contribution in [0.25, 0.3) is 0 Å². The molecule has 0 amide bonds. The molecule has 0 atom stereocenters. The Morgan fingerprint density at radius 2 is 1.89 bits per heavy atom. The highest BCUT2D eigenvalue weighted by atomic mass is 35.5. The zero-order valence-electron chi connectivity index (χ0n) is 10.4. The van der Waals surface area contributed by atoms with Crippen LogP contribution in [0.5, 0.6) is 0 Å². The highest BCUT2D eigenvalue weighted by Gasteiger charge is 2.24. The fraction of sp³-hybridized carbons (Fsp3) is 0.455. The van der Waals surface area contributed by atoms with Crippen LogP contribution in [0.1, 0.15) is 31.3 Å². The van der Waals surface area contributed by atoms with Crippen molar-refractivity contribution in [2.24, 2.45) is 0 Å². The van der Waals surface area contributed by atoms with E-state index < -0.39 is 5.91 Å². The zero-order chi connectivity index (χ0) is 14.1. The normalized spacial score (nSPS) is 11.5. The van der Waals surface area contributed by atoms with Crippen LogP contribution in [0.3, 0.4) is 0 Å². The van der Waals surface area contributed by atoms with Crippen LogP contribution in [0, 0.1) is 0 Å². The van der Waals surface area contributed by atoms with Crippen LogP contribution >= 0.6 is 46.6 Å². The Morgan fingerprint density at radius 1 is 1.33 bits per heavy atom. The van der Waals surface area contributed by atoms with Crippen LogP contribution in [0.2, 0.25) is 0 Å². The van der Waals surface area contributed by atoms with Gasteiger partial charge in [-0.25, -0.2) is 0 Å². The van der Waals surface area contributed by atoms with E-state index in [4.69, 9.17) is 34.8 Å². The zero-order valence-corrected chi connectivity index (χ0v) is 13.5. The molecule has 18 heavy (non-hydrogen) atoms. The van der Waals surface area contributed by atoms with Crippen molar-refractivity contribution in [2.75, 3.05) is 6.26 Å². The van der Waals surface area contributed by atoms with Crippen LogP contribution in [0.15, 0.2) is 20.6 Å². The molecule has 0 radical (unpaired) electrons. The number of allylic oxidation sites excluding steroid dienone is 1. The van der Waals surface area contributed by atoms with Gasteiger partial charge >= 0.3 is 0 Å². The molecule has 7 heteroatoms. The van der Waals surface area contributed by atoms with Gasteiger partial charge in [-0.3, -0.25) is 4.79 Å². The second-order valence-corrected chi connectivity index (χ2v) is 6.77. The maximum Gasteiger partial charge on any atom is 0.293 e. The molecule has 0 unspecified atom stereocenters. The Morgan fingerprint density at radius 3 is 2.28 bits per heavy atom. The summed E-state index contributed by atoms with van der Waals surface area (Å²) in [6.07, 6.45) is 1.85. The third-order valence-electron chi connectivity index (χ3n) is 2.20. The number of carbonyl (C=O) groups is 1. The summed E-state index contributed by atoms with van der Waals surface area (Å²) in [6, 6.07) is 1.86. The largest absolute Gasteiger partial charge is 0.293 e. The van der Waals surface area contributed by atoms with E-state index in [0.29, 0.717) is 5.03 Å². The molecule has 0 N–H and O–H groups in total. The van der Waals surface area contributed by atoms with E-state index >= 15 is 0 Å². The van der Waals surface area contributed by atoms with Crippen molar-refractivity contribution in [3.05, 3.63) is 21.3 Å². The molecule has 0 aliphatic heterocycles. The monoisotopic (exact) mass is 326 g/mol. The number of hydrogen-bond donors (Lipinski definition) is 0. The molecule has 0 fully saturated rings. The fourth-order valence-corrected chi connectivity index (χ4v) is 1.96. The van der Waals surface area contributed by atoms with E-state index in [1.165, 1.54) is 16.4 Å². The number of nitrogens with zero attached hydrogens (tertiary/aromatic N) is 2. The lowest BCUT2D eigenvalue weighted by Crippen LogP contribution is -2.17. The van der Waals surface area contributed by atoms with Crippen LogP contribution in [-0.4, -0.2) is 21.9 Å². The maximum absolute atomic E-state index is 12.0. The van der Waals surface area contributed by atoms with Gasteiger partial charge in [-0.1, -0.05) is 55.6 Å². The lowest BCUT2D eigenvalue weighted by atomic mass is 9.93. The van der Waals surface area contributed by atoms with Gasteiger partial charge in [0.2, 0.25) is 0 Å². The molecule has 1 rings (SSSR count). The third-order valence-corrected chi connectivity index (χ3v) is 3.83. The molecule has 1 aromatic heterocycles. The molecular formula is C11H13Cl3N2OS. The molecule has 0 saturated heterocycles. The highest BCUT2D eigenvalue weighted by molar-refractivity contribution is 7.98. The molecule has 0 bridgehead atoms. The predicted molar refractivity (Wildman–Crippen MR) is 77.9 cm³/mol. The summed E-state index contributed by atoms with van der Waals surface area (Å²) in [6.45, 7) is 6.04. The quantitative estimate of drug-likeness (QED) is 0.595. The Kier molecular flexibility index (Phi) is 5.18. The molecule has 0 aliphatic rings. The average Bonchev–Trinajstić information content (AvgIpc) is 2.70. The van der Waals surface area contributed by atoms with E-state index in [-0.39, 0.29) is 14.9 Å². The SMILES string of the molecule is CSc1cc(C(C)(C)C)nn1C(=O)C(Cl)=C(Cl)Cl. The number of thioether (sulfide) groups is 1. The minimum atomic E-state index is -0.531. The lowest BCUT2D eigenvalue weighted by molar-refractivity contribution is 0.0937. The maximum atomic E-state index is 12.0. The molecule has 100 valence electrons. The summed E-state index contributed by atoms with van der Waals surface area (Å²) in [5.74, 6) is -0.531. The molecule has 0 spiro atoms. The van der Waals surface area contributed by atoms with Crippen molar-refractivity contribution in [2.45, 2.75) is 31.2 Å². The minimum absolute atomic E-state index is 0.156. The molecule has 0 aliphatic carbocycles. The van der Waals surface area contributed by atoms with Crippen LogP contribution in [0.4, 0.5) is 0 Å². The molecular weight excluding hydrogens is 315 g/mol. The van der Waals surface area contributed by atoms with Crippen molar-refractivity contribution >= 4 is 52.5 Å². The Bertz CT molecular complexity index is 499. The van der Waals surface area contributed by atoms with Crippen LogP contribution in [-0.2, 0) is 5.41 Å². The first kappa shape index (κ1) is 15.9. The lowest BCUT2D eigenvalue weighted by Gasteiger charge is -2.13. The Labute approximate surface area is 125 Å². The molecule has 0 saturated carbocycles. The van der Waals surface area contributed by atoms with Gasteiger partial charge in [0, 0.05) is 5.41 Å². The van der Waals surface area contributed by atoms with Gasteiger partial charge in [0.15, 0.2) is 0 Å². The van der Waals surface area contributed by atoms with Crippen molar-refractivity contribution in [3.8, 4) is 0 Å². The van der Waals surface area contributed by atoms with Gasteiger partial charge in [-0.15, -0.1) is 11.8 Å². The smallest absolute Gasteiger partial charge is 0.266 e. The van der Waals surface area contributed by atoms with Crippen LogP contribution < -0.4 is 0 Å². The van der Waals surface area contributed by atoms with E-state index in [2.05, 4.69) is 5.10 Å². The van der Waals surface area contributed by atoms with Gasteiger partial charge in [0.25, 0.3) is 5.91 Å². The van der Waals surface area contributed by atoms with Crippen molar-refractivity contribution in [1.82, 2.24) is 9.78 Å². The first-order chi connectivity index (χ1) is 8.18. The summed E-state index contributed by atoms with van der Waals surface area (Å²) in [7, 11) is 0. The summed E-state index contributed by atoms with van der Waals surface area (Å²) in [5.41, 5.74) is 0.645. The molecule has 3 nitrogen and oxygen atoms in total. The number of rotatable bonds is 2. The standard InChI is InChI=1S/C11H13Cl3N2OS/c1-11(2,3)6-5-7(18-4)16(15-6)10(17)8(12)9(13)14/h5H,1-4H3. The van der Waals surface area contributed by atoms with Gasteiger partial charge in [-0.2, -0.15) is 9.78 Å². The second-order valence-electron chi connectivity index (χ2n) is 4.61. The first-order valence-corrected chi connectivity index (χ1v) is 7.44. The van der Waals surface area contributed by atoms with E-state index in [1.807, 2.05) is 33.1 Å². The van der Waals surface area contributed by atoms with Gasteiger partial charge < -0.3 is 0 Å². The number of halogens is 3. The average molecular weight is 328 g/mol. The highest BCUT2D eigenvalue weighted by Crippen LogP contribution is 2.27. The van der Waals surface area contributed by atoms with E-state index in [1.54, 1.807) is 0 Å². The summed E-state index contributed by atoms with van der Waals surface area (Å²) in [4.78, 5) is 12.0. The number of aromatic nitrogens is 2. The Hall–Kier alpha value is -0.160. The number of carbonyl (C=O) groups excluding carboxylic acids is 1. The topological polar surface area (TPSA) is 34.9 Å². The molecule has 1 aromatic rings. The number of hydrogen-bond acceptors (Lipinski definition) is 3. The first-order valence-electron chi connectivity index (χ1n) is 5.08. The van der Waals surface area contributed by atoms with E-state index in [9.17, 15) is 4.79 Å². The van der Waals surface area contributed by atoms with E-state index in [0.717, 1.165) is 5.69 Å². The van der Waals surface area contributed by atoms with Crippen molar-refractivity contribution in [1.29, 1.82) is 0 Å².